The number of rotatable bonds is 4. The third kappa shape index (κ3) is 4.10. The lowest BCUT2D eigenvalue weighted by Crippen LogP contribution is -2.28. The van der Waals surface area contributed by atoms with Crippen molar-refractivity contribution in [2.75, 3.05) is 5.32 Å². The second-order valence-electron chi connectivity index (χ2n) is 5.17. The number of thiocarbonyl (C=S) groups is 1. The van der Waals surface area contributed by atoms with Gasteiger partial charge in [0.1, 0.15) is 0 Å². The number of aryl methyl sites for hydroxylation is 1. The highest BCUT2D eigenvalue weighted by molar-refractivity contribution is 7.80. The lowest BCUT2D eigenvalue weighted by atomic mass is 10.1. The molecule has 0 atom stereocenters. The molecule has 2 N–H and O–H groups in total. The Morgan fingerprint density at radius 1 is 1.17 bits per heavy atom. The van der Waals surface area contributed by atoms with Gasteiger partial charge in [-0.15, -0.1) is 0 Å². The molecule has 0 fully saturated rings. The zero-order valence-corrected chi connectivity index (χ0v) is 14.5. The van der Waals surface area contributed by atoms with E-state index >= 15 is 0 Å². The second kappa shape index (κ2) is 7.42. The third-order valence-corrected chi connectivity index (χ3v) is 3.88. The zero-order valence-electron chi connectivity index (χ0n) is 12.9. The van der Waals surface area contributed by atoms with Crippen LogP contribution in [0.5, 0.6) is 0 Å². The van der Waals surface area contributed by atoms with E-state index in [2.05, 4.69) is 20.8 Å². The van der Waals surface area contributed by atoms with E-state index in [1.807, 2.05) is 49.4 Å². The predicted molar refractivity (Wildman–Crippen MR) is 99.0 cm³/mol. The molecular formula is C17H15ClN4OS. The number of nitrogens with one attached hydrogen (secondary N) is 2. The van der Waals surface area contributed by atoms with Crippen LogP contribution < -0.4 is 10.6 Å². The maximum absolute atomic E-state index is 6.08. The maximum atomic E-state index is 6.08. The van der Waals surface area contributed by atoms with Crippen molar-refractivity contribution in [1.29, 1.82) is 0 Å². The van der Waals surface area contributed by atoms with Crippen molar-refractivity contribution in [3.05, 3.63) is 65.0 Å². The van der Waals surface area contributed by atoms with Crippen LogP contribution >= 0.6 is 23.8 Å². The predicted octanol–water partition coefficient (Wildman–Crippen LogP) is 4.19. The standard InChI is InChI=1S/C17H15ClN4OS/c1-11-6-8-12(9-7-11)16-21-15(23-22-16)10-19-17(24)20-14-5-3-2-4-13(14)18/h2-9H,10H2,1H3,(H2,19,20,24). The summed E-state index contributed by atoms with van der Waals surface area (Å²) in [7, 11) is 0. The first-order chi connectivity index (χ1) is 11.6. The van der Waals surface area contributed by atoms with Crippen molar-refractivity contribution in [3.8, 4) is 11.4 Å². The maximum Gasteiger partial charge on any atom is 0.246 e. The van der Waals surface area contributed by atoms with Crippen molar-refractivity contribution in [2.45, 2.75) is 13.5 Å². The Bertz CT molecular complexity index is 848. The number of nitrogens with zero attached hydrogens (tertiary/aromatic N) is 2. The smallest absolute Gasteiger partial charge is 0.246 e. The molecule has 0 amide bonds. The first kappa shape index (κ1) is 16.4. The van der Waals surface area contributed by atoms with E-state index in [1.165, 1.54) is 5.56 Å². The molecule has 1 aromatic heterocycles. The molecule has 0 spiro atoms. The normalized spacial score (nSPS) is 10.4. The first-order valence-corrected chi connectivity index (χ1v) is 8.09. The topological polar surface area (TPSA) is 63.0 Å². The number of halogens is 1. The van der Waals surface area contributed by atoms with Crippen LogP contribution in [-0.4, -0.2) is 15.3 Å². The van der Waals surface area contributed by atoms with E-state index in [4.69, 9.17) is 28.3 Å². The quantitative estimate of drug-likeness (QED) is 0.682. The zero-order chi connectivity index (χ0) is 16.9. The van der Waals surface area contributed by atoms with Crippen molar-refractivity contribution >= 4 is 34.6 Å². The van der Waals surface area contributed by atoms with Crippen molar-refractivity contribution < 1.29 is 4.52 Å². The molecule has 7 heteroatoms. The second-order valence-corrected chi connectivity index (χ2v) is 5.98. The molecule has 3 aromatic rings. The summed E-state index contributed by atoms with van der Waals surface area (Å²) in [6, 6.07) is 15.3. The molecule has 0 saturated heterocycles. The Kier molecular flexibility index (Phi) is 5.08. The van der Waals surface area contributed by atoms with Gasteiger partial charge in [-0.1, -0.05) is 58.7 Å². The van der Waals surface area contributed by atoms with E-state index in [0.29, 0.717) is 28.4 Å². The van der Waals surface area contributed by atoms with Gasteiger partial charge in [-0.25, -0.2) is 0 Å². The van der Waals surface area contributed by atoms with E-state index in [9.17, 15) is 0 Å². The van der Waals surface area contributed by atoms with E-state index in [0.717, 1.165) is 11.3 Å². The fourth-order valence-electron chi connectivity index (χ4n) is 2.03. The highest BCUT2D eigenvalue weighted by Crippen LogP contribution is 2.20. The molecule has 3 rings (SSSR count). The van der Waals surface area contributed by atoms with Crippen molar-refractivity contribution in [3.63, 3.8) is 0 Å². The Morgan fingerprint density at radius 3 is 2.67 bits per heavy atom. The highest BCUT2D eigenvalue weighted by Gasteiger charge is 2.09. The van der Waals surface area contributed by atoms with Gasteiger partial charge in [0.15, 0.2) is 5.11 Å². The van der Waals surface area contributed by atoms with Gasteiger partial charge in [0.2, 0.25) is 11.7 Å². The summed E-state index contributed by atoms with van der Waals surface area (Å²) in [6.45, 7) is 2.36. The van der Waals surface area contributed by atoms with E-state index in [1.54, 1.807) is 6.07 Å². The van der Waals surface area contributed by atoms with Crippen LogP contribution in [0, 0.1) is 6.92 Å². The van der Waals surface area contributed by atoms with Crippen LogP contribution in [0.1, 0.15) is 11.5 Å². The summed E-state index contributed by atoms with van der Waals surface area (Å²) in [6.07, 6.45) is 0. The summed E-state index contributed by atoms with van der Waals surface area (Å²) >= 11 is 11.3. The van der Waals surface area contributed by atoms with Gasteiger partial charge in [0.25, 0.3) is 0 Å². The van der Waals surface area contributed by atoms with Gasteiger partial charge >= 0.3 is 0 Å². The molecule has 1 heterocycles. The molecule has 24 heavy (non-hydrogen) atoms. The number of aromatic nitrogens is 2. The average molecular weight is 359 g/mol. The minimum absolute atomic E-state index is 0.329. The summed E-state index contributed by atoms with van der Waals surface area (Å²) < 4.78 is 5.24. The average Bonchev–Trinajstić information content (AvgIpc) is 3.05. The molecule has 0 aliphatic carbocycles. The summed E-state index contributed by atoms with van der Waals surface area (Å²) in [5.74, 6) is 1.01. The number of anilines is 1. The highest BCUT2D eigenvalue weighted by atomic mass is 35.5. The minimum atomic E-state index is 0.329. The van der Waals surface area contributed by atoms with Crippen LogP contribution in [0.2, 0.25) is 5.02 Å². The van der Waals surface area contributed by atoms with Gasteiger partial charge in [-0.3, -0.25) is 0 Å². The van der Waals surface area contributed by atoms with Crippen LogP contribution in [0.4, 0.5) is 5.69 Å². The first-order valence-electron chi connectivity index (χ1n) is 7.31. The van der Waals surface area contributed by atoms with Crippen LogP contribution in [0.15, 0.2) is 53.1 Å². The van der Waals surface area contributed by atoms with E-state index < -0.39 is 0 Å². The van der Waals surface area contributed by atoms with Crippen molar-refractivity contribution in [1.82, 2.24) is 15.5 Å². The molecule has 5 nitrogen and oxygen atoms in total. The lowest BCUT2D eigenvalue weighted by molar-refractivity contribution is 0.376. The molecular weight excluding hydrogens is 344 g/mol. The summed E-state index contributed by atoms with van der Waals surface area (Å²) in [5.41, 5.74) is 2.83. The number of hydrogen-bond acceptors (Lipinski definition) is 4. The third-order valence-electron chi connectivity index (χ3n) is 3.30. The van der Waals surface area contributed by atoms with Crippen LogP contribution in [0.25, 0.3) is 11.4 Å². The molecule has 0 saturated carbocycles. The molecule has 0 aliphatic rings. The van der Waals surface area contributed by atoms with Gasteiger partial charge in [0, 0.05) is 5.56 Å². The minimum Gasteiger partial charge on any atom is -0.353 e. The fraction of sp³-hybridized carbons (Fsp3) is 0.118. The fourth-order valence-corrected chi connectivity index (χ4v) is 2.40. The van der Waals surface area contributed by atoms with Gasteiger partial charge in [-0.2, -0.15) is 4.98 Å². The van der Waals surface area contributed by atoms with Crippen LogP contribution in [-0.2, 0) is 6.54 Å². The molecule has 122 valence electrons. The van der Waals surface area contributed by atoms with Gasteiger partial charge in [0.05, 0.1) is 17.3 Å². The monoisotopic (exact) mass is 358 g/mol. The molecule has 0 aliphatic heterocycles. The number of para-hydroxylation sites is 1. The Balaban J connectivity index is 1.58. The molecule has 0 radical (unpaired) electrons. The molecule has 0 bridgehead atoms. The molecule has 2 aromatic carbocycles. The van der Waals surface area contributed by atoms with Gasteiger partial charge < -0.3 is 15.2 Å². The summed E-state index contributed by atoms with van der Waals surface area (Å²) in [5, 5.41) is 11.0. The largest absolute Gasteiger partial charge is 0.353 e. The SMILES string of the molecule is Cc1ccc(-c2noc(CNC(=S)Nc3ccccc3Cl)n2)cc1. The summed E-state index contributed by atoms with van der Waals surface area (Å²) in [4.78, 5) is 4.35. The lowest BCUT2D eigenvalue weighted by Gasteiger charge is -2.09. The van der Waals surface area contributed by atoms with Crippen LogP contribution in [0.3, 0.4) is 0 Å². The van der Waals surface area contributed by atoms with Crippen molar-refractivity contribution in [2.24, 2.45) is 0 Å². The Labute approximate surface area is 150 Å². The molecule has 0 unspecified atom stereocenters. The van der Waals surface area contributed by atoms with Gasteiger partial charge in [-0.05, 0) is 31.3 Å². The van der Waals surface area contributed by atoms with E-state index in [-0.39, 0.29) is 0 Å². The number of hydrogen-bond donors (Lipinski definition) is 2. The Morgan fingerprint density at radius 2 is 1.92 bits per heavy atom. The number of benzene rings is 2. The Hall–Kier alpha value is -2.44.